The molecule has 78 valence electrons. The molecule has 15 heavy (non-hydrogen) atoms. The lowest BCUT2D eigenvalue weighted by atomic mass is 10.3. The minimum Gasteiger partial charge on any atom is -0.382 e. The first kappa shape index (κ1) is 10.6. The highest BCUT2D eigenvalue weighted by molar-refractivity contribution is 8.06. The predicted molar refractivity (Wildman–Crippen MR) is 63.7 cm³/mol. The van der Waals surface area contributed by atoms with Gasteiger partial charge in [-0.15, -0.1) is 11.8 Å². The maximum atomic E-state index is 8.70. The SMILES string of the molecule is N#Cc1cnc(C2CSCCS2)nc1N. The van der Waals surface area contributed by atoms with E-state index in [1.165, 1.54) is 11.9 Å². The Hall–Kier alpha value is -0.930. The summed E-state index contributed by atoms with van der Waals surface area (Å²) in [7, 11) is 0. The van der Waals surface area contributed by atoms with E-state index in [0.717, 1.165) is 17.3 Å². The Kier molecular flexibility index (Phi) is 3.34. The molecule has 0 aliphatic carbocycles. The van der Waals surface area contributed by atoms with Crippen LogP contribution < -0.4 is 5.73 Å². The fraction of sp³-hybridized carbons (Fsp3) is 0.444. The van der Waals surface area contributed by atoms with E-state index in [-0.39, 0.29) is 0 Å². The molecule has 1 aromatic heterocycles. The second kappa shape index (κ2) is 4.73. The summed E-state index contributed by atoms with van der Waals surface area (Å²) in [4.78, 5) is 8.36. The minimum absolute atomic E-state index is 0.290. The highest BCUT2D eigenvalue weighted by atomic mass is 32.2. The highest BCUT2D eigenvalue weighted by Gasteiger charge is 2.19. The Morgan fingerprint density at radius 1 is 1.53 bits per heavy atom. The van der Waals surface area contributed by atoms with Gasteiger partial charge in [-0.2, -0.15) is 17.0 Å². The van der Waals surface area contributed by atoms with E-state index >= 15 is 0 Å². The topological polar surface area (TPSA) is 75.6 Å². The van der Waals surface area contributed by atoms with Gasteiger partial charge in [-0.3, -0.25) is 0 Å². The van der Waals surface area contributed by atoms with Gasteiger partial charge in [-0.1, -0.05) is 0 Å². The predicted octanol–water partition coefficient (Wildman–Crippen LogP) is 1.45. The summed E-state index contributed by atoms with van der Waals surface area (Å²) in [5.74, 6) is 4.38. The average molecular weight is 238 g/mol. The van der Waals surface area contributed by atoms with Gasteiger partial charge in [0.05, 0.1) is 11.4 Å². The van der Waals surface area contributed by atoms with Crippen molar-refractivity contribution in [1.82, 2.24) is 9.97 Å². The van der Waals surface area contributed by atoms with Crippen LogP contribution in [0.4, 0.5) is 5.82 Å². The lowest BCUT2D eigenvalue weighted by Crippen LogP contribution is -2.11. The van der Waals surface area contributed by atoms with Gasteiger partial charge >= 0.3 is 0 Å². The molecule has 1 aliphatic rings. The molecule has 1 saturated heterocycles. The molecule has 1 aromatic rings. The Bertz CT molecular complexity index is 396. The molecule has 0 bridgehead atoms. The summed E-state index contributed by atoms with van der Waals surface area (Å²) in [6.45, 7) is 0. The smallest absolute Gasteiger partial charge is 0.145 e. The van der Waals surface area contributed by atoms with E-state index in [0.29, 0.717) is 16.6 Å². The largest absolute Gasteiger partial charge is 0.382 e. The van der Waals surface area contributed by atoms with Crippen LogP contribution in [0, 0.1) is 11.3 Å². The first-order chi connectivity index (χ1) is 7.31. The van der Waals surface area contributed by atoms with E-state index in [4.69, 9.17) is 11.0 Å². The standard InChI is InChI=1S/C9H10N4S2/c10-3-6-4-12-9(13-8(6)11)7-5-14-1-2-15-7/h4,7H,1-2,5H2,(H2,11,12,13). The van der Waals surface area contributed by atoms with Gasteiger partial charge in [-0.25, -0.2) is 9.97 Å². The monoisotopic (exact) mass is 238 g/mol. The van der Waals surface area contributed by atoms with Crippen molar-refractivity contribution in [3.63, 3.8) is 0 Å². The van der Waals surface area contributed by atoms with Crippen LogP contribution >= 0.6 is 23.5 Å². The number of thioether (sulfide) groups is 2. The molecule has 0 aromatic carbocycles. The third-order valence-electron chi connectivity index (χ3n) is 2.06. The third kappa shape index (κ3) is 2.36. The zero-order valence-corrected chi connectivity index (χ0v) is 9.64. The number of aromatic nitrogens is 2. The molecule has 0 radical (unpaired) electrons. The Labute approximate surface area is 96.7 Å². The van der Waals surface area contributed by atoms with Gasteiger partial charge < -0.3 is 5.73 Å². The molecular formula is C9H10N4S2. The Morgan fingerprint density at radius 3 is 3.00 bits per heavy atom. The van der Waals surface area contributed by atoms with Crippen LogP contribution in [-0.2, 0) is 0 Å². The molecule has 2 rings (SSSR count). The van der Waals surface area contributed by atoms with Gasteiger partial charge in [0.15, 0.2) is 0 Å². The highest BCUT2D eigenvalue weighted by Crippen LogP contribution is 2.35. The second-order valence-corrected chi connectivity index (χ2v) is 5.53. The van der Waals surface area contributed by atoms with Crippen molar-refractivity contribution in [2.24, 2.45) is 0 Å². The zero-order chi connectivity index (χ0) is 10.7. The number of hydrogen-bond acceptors (Lipinski definition) is 6. The summed E-state index contributed by atoms with van der Waals surface area (Å²) in [5, 5.41) is 9.02. The van der Waals surface area contributed by atoms with E-state index in [9.17, 15) is 0 Å². The number of rotatable bonds is 1. The lowest BCUT2D eigenvalue weighted by Gasteiger charge is -2.19. The van der Waals surface area contributed by atoms with Crippen LogP contribution in [-0.4, -0.2) is 27.2 Å². The van der Waals surface area contributed by atoms with Crippen LogP contribution in [0.25, 0.3) is 0 Å². The Balaban J connectivity index is 2.22. The molecule has 4 nitrogen and oxygen atoms in total. The molecule has 0 saturated carbocycles. The van der Waals surface area contributed by atoms with E-state index < -0.39 is 0 Å². The molecule has 2 heterocycles. The molecule has 1 atom stereocenters. The van der Waals surface area contributed by atoms with Crippen molar-refractivity contribution in [2.75, 3.05) is 23.0 Å². The maximum Gasteiger partial charge on any atom is 0.145 e. The normalized spacial score (nSPS) is 20.9. The number of hydrogen-bond donors (Lipinski definition) is 1. The van der Waals surface area contributed by atoms with Crippen LogP contribution in [0.3, 0.4) is 0 Å². The van der Waals surface area contributed by atoms with Gasteiger partial charge in [0.25, 0.3) is 0 Å². The van der Waals surface area contributed by atoms with Gasteiger partial charge in [0.1, 0.15) is 23.3 Å². The molecule has 2 N–H and O–H groups in total. The molecule has 0 amide bonds. The number of nitrogens with zero attached hydrogens (tertiary/aromatic N) is 3. The van der Waals surface area contributed by atoms with Crippen molar-refractivity contribution >= 4 is 29.3 Å². The first-order valence-corrected chi connectivity index (χ1v) is 6.73. The molecule has 1 unspecified atom stereocenters. The van der Waals surface area contributed by atoms with Crippen LogP contribution in [0.1, 0.15) is 16.6 Å². The summed E-state index contributed by atoms with van der Waals surface area (Å²) >= 11 is 3.76. The fourth-order valence-corrected chi connectivity index (χ4v) is 3.89. The van der Waals surface area contributed by atoms with Crippen LogP contribution in [0.2, 0.25) is 0 Å². The van der Waals surface area contributed by atoms with Crippen molar-refractivity contribution in [2.45, 2.75) is 5.25 Å². The number of nitriles is 1. The van der Waals surface area contributed by atoms with Crippen LogP contribution in [0.15, 0.2) is 6.20 Å². The fourth-order valence-electron chi connectivity index (χ4n) is 1.29. The number of nitrogen functional groups attached to an aromatic ring is 1. The summed E-state index contributed by atoms with van der Waals surface area (Å²) in [6, 6.07) is 1.96. The quantitative estimate of drug-likeness (QED) is 0.798. The molecule has 6 heteroatoms. The minimum atomic E-state index is 0.290. The van der Waals surface area contributed by atoms with E-state index in [1.807, 2.05) is 29.6 Å². The van der Waals surface area contributed by atoms with Crippen molar-refractivity contribution in [1.29, 1.82) is 5.26 Å². The van der Waals surface area contributed by atoms with Crippen molar-refractivity contribution < 1.29 is 0 Å². The molecule has 1 aliphatic heterocycles. The summed E-state index contributed by atoms with van der Waals surface area (Å²) in [5.41, 5.74) is 6.00. The summed E-state index contributed by atoms with van der Waals surface area (Å²) < 4.78 is 0. The van der Waals surface area contributed by atoms with Gasteiger partial charge in [0.2, 0.25) is 0 Å². The lowest BCUT2D eigenvalue weighted by molar-refractivity contribution is 0.925. The van der Waals surface area contributed by atoms with E-state index in [2.05, 4.69) is 9.97 Å². The molecular weight excluding hydrogens is 228 g/mol. The average Bonchev–Trinajstić information content (AvgIpc) is 2.30. The van der Waals surface area contributed by atoms with E-state index in [1.54, 1.807) is 0 Å². The zero-order valence-electron chi connectivity index (χ0n) is 8.01. The third-order valence-corrected chi connectivity index (χ3v) is 4.81. The van der Waals surface area contributed by atoms with Crippen molar-refractivity contribution in [3.05, 3.63) is 17.6 Å². The number of anilines is 1. The maximum absolute atomic E-state index is 8.70. The van der Waals surface area contributed by atoms with Crippen LogP contribution in [0.5, 0.6) is 0 Å². The summed E-state index contributed by atoms with van der Waals surface area (Å²) in [6.07, 6.45) is 1.51. The van der Waals surface area contributed by atoms with Gasteiger partial charge in [-0.05, 0) is 0 Å². The van der Waals surface area contributed by atoms with Crippen molar-refractivity contribution in [3.8, 4) is 6.07 Å². The number of nitrogens with two attached hydrogens (primary N) is 1. The second-order valence-electron chi connectivity index (χ2n) is 3.07. The molecule has 0 spiro atoms. The Morgan fingerprint density at radius 2 is 2.40 bits per heavy atom. The molecule has 1 fully saturated rings. The van der Waals surface area contributed by atoms with Gasteiger partial charge in [0, 0.05) is 17.3 Å². The first-order valence-electron chi connectivity index (χ1n) is 4.53.